The van der Waals surface area contributed by atoms with Gasteiger partial charge in [0, 0.05) is 5.69 Å². The van der Waals surface area contributed by atoms with Crippen LogP contribution in [-0.4, -0.2) is 22.1 Å². The summed E-state index contributed by atoms with van der Waals surface area (Å²) in [6, 6.07) is 7.50. The van der Waals surface area contributed by atoms with Gasteiger partial charge in [0.2, 0.25) is 0 Å². The molecule has 0 bridgehead atoms. The Morgan fingerprint density at radius 3 is 2.55 bits per heavy atom. The van der Waals surface area contributed by atoms with Crippen LogP contribution in [0.25, 0.3) is 0 Å². The lowest BCUT2D eigenvalue weighted by atomic mass is 10.2. The lowest BCUT2D eigenvalue weighted by Crippen LogP contribution is -2.13. The molecule has 0 spiro atoms. The fraction of sp³-hybridized carbons (Fsp3) is 0.214. The monoisotopic (exact) mass is 289 g/mol. The summed E-state index contributed by atoms with van der Waals surface area (Å²) in [6.45, 7) is 3.79. The lowest BCUT2D eigenvalue weighted by molar-refractivity contribution is 0.367. The van der Waals surface area contributed by atoms with E-state index in [1.165, 1.54) is 0 Å². The van der Waals surface area contributed by atoms with Crippen molar-refractivity contribution in [3.8, 4) is 17.5 Å². The molecule has 104 valence electrons. The van der Waals surface area contributed by atoms with Gasteiger partial charge in [-0.1, -0.05) is 18.3 Å². The minimum atomic E-state index is 0.190. The molecule has 0 unspecified atom stereocenters. The number of benzene rings is 1. The number of thiocarbonyl (C=S) groups is 1. The zero-order valence-corrected chi connectivity index (χ0v) is 12.3. The molecule has 0 aliphatic rings. The second-order valence-electron chi connectivity index (χ2n) is 4.30. The van der Waals surface area contributed by atoms with Gasteiger partial charge in [-0.15, -0.1) is 0 Å². The SMILES string of the molecule is COc1cc(C)ccc1Oc1nc(C)cc(C(N)=S)n1. The molecule has 1 aromatic carbocycles. The van der Waals surface area contributed by atoms with Crippen molar-refractivity contribution in [1.29, 1.82) is 0 Å². The molecule has 2 rings (SSSR count). The van der Waals surface area contributed by atoms with E-state index in [2.05, 4.69) is 9.97 Å². The fourth-order valence-corrected chi connectivity index (χ4v) is 1.78. The van der Waals surface area contributed by atoms with Crippen LogP contribution in [0.15, 0.2) is 24.3 Å². The van der Waals surface area contributed by atoms with Gasteiger partial charge in [0.15, 0.2) is 11.5 Å². The third kappa shape index (κ3) is 3.21. The van der Waals surface area contributed by atoms with Crippen LogP contribution in [0.1, 0.15) is 17.0 Å². The highest BCUT2D eigenvalue weighted by Gasteiger charge is 2.10. The molecule has 1 heterocycles. The van der Waals surface area contributed by atoms with Gasteiger partial charge < -0.3 is 15.2 Å². The van der Waals surface area contributed by atoms with E-state index >= 15 is 0 Å². The van der Waals surface area contributed by atoms with E-state index in [0.717, 1.165) is 11.3 Å². The Morgan fingerprint density at radius 1 is 1.15 bits per heavy atom. The van der Waals surface area contributed by atoms with E-state index < -0.39 is 0 Å². The molecular weight excluding hydrogens is 274 g/mol. The Bertz CT molecular complexity index is 659. The summed E-state index contributed by atoms with van der Waals surface area (Å²) in [4.78, 5) is 8.58. The highest BCUT2D eigenvalue weighted by Crippen LogP contribution is 2.30. The normalized spacial score (nSPS) is 10.2. The van der Waals surface area contributed by atoms with E-state index in [4.69, 9.17) is 27.4 Å². The first-order valence-electron chi connectivity index (χ1n) is 5.97. The Kier molecular flexibility index (Phi) is 4.14. The first-order chi connectivity index (χ1) is 9.49. The van der Waals surface area contributed by atoms with Gasteiger partial charge in [-0.2, -0.15) is 4.98 Å². The minimum absolute atomic E-state index is 0.190. The Hall–Kier alpha value is -2.21. The summed E-state index contributed by atoms with van der Waals surface area (Å²) in [5, 5.41) is 0. The first kappa shape index (κ1) is 14.2. The quantitative estimate of drug-likeness (QED) is 0.872. The van der Waals surface area contributed by atoms with Crippen molar-refractivity contribution in [1.82, 2.24) is 9.97 Å². The molecule has 0 aliphatic heterocycles. The average Bonchev–Trinajstić information content (AvgIpc) is 2.40. The molecule has 1 aromatic heterocycles. The summed E-state index contributed by atoms with van der Waals surface area (Å²) in [7, 11) is 1.58. The average molecular weight is 289 g/mol. The van der Waals surface area contributed by atoms with Crippen LogP contribution in [0.2, 0.25) is 0 Å². The molecule has 5 nitrogen and oxygen atoms in total. The number of ether oxygens (including phenoxy) is 2. The molecule has 0 aliphatic carbocycles. The molecule has 6 heteroatoms. The summed E-state index contributed by atoms with van der Waals surface area (Å²) < 4.78 is 10.9. The molecule has 0 atom stereocenters. The predicted octanol–water partition coefficient (Wildman–Crippen LogP) is 2.53. The van der Waals surface area contributed by atoms with Gasteiger partial charge in [0.25, 0.3) is 0 Å². The second-order valence-corrected chi connectivity index (χ2v) is 4.74. The summed E-state index contributed by atoms with van der Waals surface area (Å²) in [5.74, 6) is 1.16. The van der Waals surface area contributed by atoms with E-state index in [0.29, 0.717) is 17.2 Å². The highest BCUT2D eigenvalue weighted by atomic mass is 32.1. The van der Waals surface area contributed by atoms with Crippen LogP contribution < -0.4 is 15.2 Å². The predicted molar refractivity (Wildman–Crippen MR) is 80.5 cm³/mol. The molecular formula is C14H15N3O2S. The van der Waals surface area contributed by atoms with E-state index in [1.54, 1.807) is 19.2 Å². The standard InChI is InChI=1S/C14H15N3O2S/c1-8-4-5-11(12(6-8)18-3)19-14-16-9(2)7-10(17-14)13(15)20/h4-7H,1-3H3,(H2,15,20). The maximum absolute atomic E-state index is 5.66. The topological polar surface area (TPSA) is 70.3 Å². The van der Waals surface area contributed by atoms with Gasteiger partial charge in [0.1, 0.15) is 10.7 Å². The number of methoxy groups -OCH3 is 1. The molecule has 2 N–H and O–H groups in total. The molecule has 2 aromatic rings. The fourth-order valence-electron chi connectivity index (χ4n) is 1.67. The number of rotatable bonds is 4. The summed E-state index contributed by atoms with van der Waals surface area (Å²) in [6.07, 6.45) is 0. The van der Waals surface area contributed by atoms with Crippen LogP contribution in [-0.2, 0) is 0 Å². The molecule has 20 heavy (non-hydrogen) atoms. The number of nitrogens with two attached hydrogens (primary N) is 1. The summed E-state index contributed by atoms with van der Waals surface area (Å²) >= 11 is 4.92. The van der Waals surface area contributed by atoms with Gasteiger partial charge in [-0.25, -0.2) is 4.98 Å². The highest BCUT2D eigenvalue weighted by molar-refractivity contribution is 7.80. The number of hydrogen-bond acceptors (Lipinski definition) is 5. The molecule has 0 saturated heterocycles. The van der Waals surface area contributed by atoms with Crippen LogP contribution in [0.4, 0.5) is 0 Å². The Balaban J connectivity index is 2.37. The molecule has 0 amide bonds. The van der Waals surface area contributed by atoms with Crippen molar-refractivity contribution in [2.75, 3.05) is 7.11 Å². The molecule has 0 fully saturated rings. The van der Waals surface area contributed by atoms with E-state index in [-0.39, 0.29) is 11.0 Å². The Labute approximate surface area is 122 Å². The first-order valence-corrected chi connectivity index (χ1v) is 6.38. The van der Waals surface area contributed by atoms with Gasteiger partial charge >= 0.3 is 6.01 Å². The van der Waals surface area contributed by atoms with Crippen LogP contribution in [0.3, 0.4) is 0 Å². The smallest absolute Gasteiger partial charge is 0.322 e. The van der Waals surface area contributed by atoms with Crippen molar-refractivity contribution < 1.29 is 9.47 Å². The zero-order chi connectivity index (χ0) is 14.7. The van der Waals surface area contributed by atoms with Crippen molar-refractivity contribution in [2.45, 2.75) is 13.8 Å². The molecule has 0 radical (unpaired) electrons. The van der Waals surface area contributed by atoms with Crippen molar-refractivity contribution in [2.24, 2.45) is 5.73 Å². The summed E-state index contributed by atoms with van der Waals surface area (Å²) in [5.41, 5.74) is 7.86. The van der Waals surface area contributed by atoms with Gasteiger partial charge in [-0.05, 0) is 37.6 Å². The third-order valence-corrected chi connectivity index (χ3v) is 2.82. The van der Waals surface area contributed by atoms with Crippen LogP contribution >= 0.6 is 12.2 Å². The van der Waals surface area contributed by atoms with Crippen molar-refractivity contribution in [3.63, 3.8) is 0 Å². The third-order valence-electron chi connectivity index (χ3n) is 2.61. The number of hydrogen-bond donors (Lipinski definition) is 1. The van der Waals surface area contributed by atoms with Crippen molar-refractivity contribution >= 4 is 17.2 Å². The van der Waals surface area contributed by atoms with Gasteiger partial charge in [0.05, 0.1) is 7.11 Å². The lowest BCUT2D eigenvalue weighted by Gasteiger charge is -2.10. The number of aromatic nitrogens is 2. The van der Waals surface area contributed by atoms with E-state index in [1.807, 2.05) is 26.0 Å². The zero-order valence-electron chi connectivity index (χ0n) is 11.5. The van der Waals surface area contributed by atoms with E-state index in [9.17, 15) is 0 Å². The number of aryl methyl sites for hydroxylation is 2. The Morgan fingerprint density at radius 2 is 1.90 bits per heavy atom. The second kappa shape index (κ2) is 5.83. The maximum atomic E-state index is 5.66. The van der Waals surface area contributed by atoms with Crippen molar-refractivity contribution in [3.05, 3.63) is 41.2 Å². The van der Waals surface area contributed by atoms with Crippen LogP contribution in [0.5, 0.6) is 17.5 Å². The molecule has 0 saturated carbocycles. The maximum Gasteiger partial charge on any atom is 0.322 e. The largest absolute Gasteiger partial charge is 0.493 e. The van der Waals surface area contributed by atoms with Gasteiger partial charge in [-0.3, -0.25) is 0 Å². The minimum Gasteiger partial charge on any atom is -0.493 e. The van der Waals surface area contributed by atoms with Crippen LogP contribution in [0, 0.1) is 13.8 Å². The number of nitrogens with zero attached hydrogens (tertiary/aromatic N) is 2.